The van der Waals surface area contributed by atoms with Crippen LogP contribution in [0.3, 0.4) is 0 Å². The van der Waals surface area contributed by atoms with Crippen molar-refractivity contribution in [2.24, 2.45) is 0 Å². The van der Waals surface area contributed by atoms with Crippen molar-refractivity contribution in [3.05, 3.63) is 70.9 Å². The van der Waals surface area contributed by atoms with Crippen molar-refractivity contribution in [3.63, 3.8) is 0 Å². The van der Waals surface area contributed by atoms with Gasteiger partial charge in [0.05, 0.1) is 10.6 Å². The van der Waals surface area contributed by atoms with Gasteiger partial charge in [-0.3, -0.25) is 4.72 Å². The molecular formula is C20H16FN3O3S2. The van der Waals surface area contributed by atoms with Crippen LogP contribution in [0, 0.1) is 19.7 Å². The molecule has 0 amide bonds. The zero-order chi connectivity index (χ0) is 20.6. The second kappa shape index (κ2) is 7.41. The van der Waals surface area contributed by atoms with Crippen LogP contribution in [0.4, 0.5) is 10.1 Å². The Hall–Kier alpha value is -3.04. The smallest absolute Gasteiger partial charge is 0.268 e. The molecule has 6 nitrogen and oxygen atoms in total. The number of nitrogens with zero attached hydrogens (tertiary/aromatic N) is 2. The molecule has 4 rings (SSSR count). The second-order valence-corrected chi connectivity index (χ2v) is 9.30. The van der Waals surface area contributed by atoms with Crippen molar-refractivity contribution in [2.45, 2.75) is 18.7 Å². The number of aryl methyl sites for hydroxylation is 2. The maximum Gasteiger partial charge on any atom is 0.268 e. The van der Waals surface area contributed by atoms with Crippen LogP contribution in [0.15, 0.2) is 64.0 Å². The van der Waals surface area contributed by atoms with E-state index >= 15 is 0 Å². The van der Waals surface area contributed by atoms with E-state index in [0.29, 0.717) is 21.1 Å². The summed E-state index contributed by atoms with van der Waals surface area (Å²) in [5, 5.41) is 3.96. The summed E-state index contributed by atoms with van der Waals surface area (Å²) in [4.78, 5) is 5.53. The van der Waals surface area contributed by atoms with Gasteiger partial charge in [-0.25, -0.2) is 12.8 Å². The topological polar surface area (TPSA) is 85.1 Å². The minimum absolute atomic E-state index is 0.0814. The zero-order valence-electron chi connectivity index (χ0n) is 15.5. The SMILES string of the molecule is Cc1ccc(NS(=O)(=O)c2cc(-c3nc(-c4ccccc4)no3)sc2C)cc1F. The van der Waals surface area contributed by atoms with Crippen LogP contribution in [-0.2, 0) is 10.0 Å². The van der Waals surface area contributed by atoms with E-state index in [1.54, 1.807) is 13.8 Å². The third-order valence-electron chi connectivity index (χ3n) is 4.25. The number of nitrogens with one attached hydrogen (secondary N) is 1. The van der Waals surface area contributed by atoms with Gasteiger partial charge >= 0.3 is 0 Å². The molecule has 2 aromatic carbocycles. The van der Waals surface area contributed by atoms with Gasteiger partial charge in [0.1, 0.15) is 10.7 Å². The second-order valence-electron chi connectivity index (χ2n) is 6.39. The number of hydrogen-bond donors (Lipinski definition) is 1. The first-order chi connectivity index (χ1) is 13.8. The van der Waals surface area contributed by atoms with Gasteiger partial charge < -0.3 is 4.52 Å². The summed E-state index contributed by atoms with van der Waals surface area (Å²) >= 11 is 1.23. The minimum atomic E-state index is -3.90. The van der Waals surface area contributed by atoms with Gasteiger partial charge in [-0.2, -0.15) is 4.98 Å². The normalized spacial score (nSPS) is 11.6. The average molecular weight is 429 g/mol. The molecule has 0 saturated heterocycles. The van der Waals surface area contributed by atoms with Gasteiger partial charge in [-0.05, 0) is 37.6 Å². The van der Waals surface area contributed by atoms with Crippen LogP contribution in [0.1, 0.15) is 10.4 Å². The molecule has 0 saturated carbocycles. The van der Waals surface area contributed by atoms with Crippen molar-refractivity contribution in [1.29, 1.82) is 0 Å². The predicted octanol–water partition coefficient (Wildman–Crippen LogP) is 5.02. The summed E-state index contributed by atoms with van der Waals surface area (Å²) in [5.74, 6) is 0.177. The molecule has 4 aromatic rings. The Morgan fingerprint density at radius 2 is 1.83 bits per heavy atom. The lowest BCUT2D eigenvalue weighted by Gasteiger charge is -2.08. The largest absolute Gasteiger partial charge is 0.333 e. The van der Waals surface area contributed by atoms with Crippen molar-refractivity contribution < 1.29 is 17.3 Å². The van der Waals surface area contributed by atoms with Crippen LogP contribution in [0.2, 0.25) is 0 Å². The van der Waals surface area contributed by atoms with Crippen molar-refractivity contribution in [2.75, 3.05) is 4.72 Å². The molecule has 0 fully saturated rings. The molecule has 0 unspecified atom stereocenters. The summed E-state index contributed by atoms with van der Waals surface area (Å²) < 4.78 is 47.1. The number of aromatic nitrogens is 2. The standard InChI is InChI=1S/C20H16FN3O3S2/c1-12-8-9-15(10-16(12)21)24-29(25,26)18-11-17(28-13(18)2)20-22-19(23-27-20)14-6-4-3-5-7-14/h3-11,24H,1-2H3. The zero-order valence-corrected chi connectivity index (χ0v) is 17.1. The lowest BCUT2D eigenvalue weighted by atomic mass is 10.2. The van der Waals surface area contributed by atoms with Crippen LogP contribution in [0.5, 0.6) is 0 Å². The Labute approximate surface area is 171 Å². The molecule has 0 atom stereocenters. The highest BCUT2D eigenvalue weighted by Gasteiger charge is 2.23. The summed E-state index contributed by atoms with van der Waals surface area (Å²) in [6, 6.07) is 15.0. The lowest BCUT2D eigenvalue weighted by molar-refractivity contribution is 0.433. The number of thiophene rings is 1. The average Bonchev–Trinajstić information content (AvgIpc) is 3.32. The third-order valence-corrected chi connectivity index (χ3v) is 6.93. The van der Waals surface area contributed by atoms with E-state index in [1.807, 2.05) is 30.3 Å². The van der Waals surface area contributed by atoms with Gasteiger partial charge in [0.15, 0.2) is 0 Å². The quantitative estimate of drug-likeness (QED) is 0.481. The first kappa shape index (κ1) is 19.3. The van der Waals surface area contributed by atoms with Gasteiger partial charge in [-0.1, -0.05) is 41.6 Å². The molecule has 0 aliphatic heterocycles. The van der Waals surface area contributed by atoms with E-state index in [-0.39, 0.29) is 16.5 Å². The van der Waals surface area contributed by atoms with E-state index < -0.39 is 15.8 Å². The number of sulfonamides is 1. The number of halogens is 1. The Balaban J connectivity index is 1.64. The van der Waals surface area contributed by atoms with Gasteiger partial charge in [0.2, 0.25) is 5.82 Å². The molecule has 0 bridgehead atoms. The van der Waals surface area contributed by atoms with Gasteiger partial charge in [0, 0.05) is 10.4 Å². The van der Waals surface area contributed by atoms with Gasteiger partial charge in [0.25, 0.3) is 15.9 Å². The van der Waals surface area contributed by atoms with Crippen LogP contribution in [-0.4, -0.2) is 18.6 Å². The Kier molecular flexibility index (Phi) is 4.93. The number of anilines is 1. The Morgan fingerprint density at radius 1 is 1.07 bits per heavy atom. The predicted molar refractivity (Wildman–Crippen MR) is 110 cm³/mol. The van der Waals surface area contributed by atoms with Crippen LogP contribution >= 0.6 is 11.3 Å². The first-order valence-electron chi connectivity index (χ1n) is 8.62. The highest BCUT2D eigenvalue weighted by atomic mass is 32.2. The maximum atomic E-state index is 13.7. The monoisotopic (exact) mass is 429 g/mol. The molecule has 0 aliphatic rings. The van der Waals surface area contributed by atoms with Crippen molar-refractivity contribution in [3.8, 4) is 22.2 Å². The molecular weight excluding hydrogens is 413 g/mol. The fraction of sp³-hybridized carbons (Fsp3) is 0.100. The van der Waals surface area contributed by atoms with Crippen molar-refractivity contribution in [1.82, 2.24) is 10.1 Å². The van der Waals surface area contributed by atoms with Gasteiger partial charge in [-0.15, -0.1) is 11.3 Å². The van der Waals surface area contributed by atoms with Crippen LogP contribution < -0.4 is 4.72 Å². The van der Waals surface area contributed by atoms with Crippen LogP contribution in [0.25, 0.3) is 22.2 Å². The molecule has 148 valence electrons. The number of benzene rings is 2. The molecule has 29 heavy (non-hydrogen) atoms. The third kappa shape index (κ3) is 3.92. The summed E-state index contributed by atoms with van der Waals surface area (Å²) in [5.41, 5.74) is 1.39. The van der Waals surface area contributed by atoms with E-state index in [0.717, 1.165) is 11.6 Å². The molecule has 2 aromatic heterocycles. The van der Waals surface area contributed by atoms with E-state index in [2.05, 4.69) is 14.9 Å². The highest BCUT2D eigenvalue weighted by molar-refractivity contribution is 7.93. The molecule has 0 aliphatic carbocycles. The fourth-order valence-electron chi connectivity index (χ4n) is 2.73. The lowest BCUT2D eigenvalue weighted by Crippen LogP contribution is -2.13. The molecule has 0 radical (unpaired) electrons. The molecule has 1 N–H and O–H groups in total. The number of rotatable bonds is 5. The first-order valence-corrected chi connectivity index (χ1v) is 10.9. The van der Waals surface area contributed by atoms with Crippen molar-refractivity contribution >= 4 is 27.0 Å². The summed E-state index contributed by atoms with van der Waals surface area (Å²) in [6.07, 6.45) is 0. The summed E-state index contributed by atoms with van der Waals surface area (Å²) in [7, 11) is -3.90. The molecule has 2 heterocycles. The Morgan fingerprint density at radius 3 is 2.55 bits per heavy atom. The fourth-order valence-corrected chi connectivity index (χ4v) is 5.30. The number of hydrogen-bond acceptors (Lipinski definition) is 6. The Bertz CT molecular complexity index is 1280. The van der Waals surface area contributed by atoms with E-state index in [1.165, 1.54) is 29.5 Å². The maximum absolute atomic E-state index is 13.7. The van der Waals surface area contributed by atoms with E-state index in [4.69, 9.17) is 4.52 Å². The summed E-state index contributed by atoms with van der Waals surface area (Å²) in [6.45, 7) is 3.30. The molecule has 9 heteroatoms. The highest BCUT2D eigenvalue weighted by Crippen LogP contribution is 2.34. The minimum Gasteiger partial charge on any atom is -0.333 e. The molecule has 0 spiro atoms. The van der Waals surface area contributed by atoms with E-state index in [9.17, 15) is 12.8 Å².